The molecule has 0 aliphatic carbocycles. The highest BCUT2D eigenvalue weighted by Gasteiger charge is 2.19. The number of rotatable bonds is 8. The van der Waals surface area contributed by atoms with E-state index in [2.05, 4.69) is 5.32 Å². The predicted molar refractivity (Wildman–Crippen MR) is 119 cm³/mol. The largest absolute Gasteiger partial charge is 0.494 e. The lowest BCUT2D eigenvalue weighted by molar-refractivity contribution is -0.122. The van der Waals surface area contributed by atoms with Crippen LogP contribution in [0.3, 0.4) is 0 Å². The normalized spacial score (nSPS) is 16.0. The van der Waals surface area contributed by atoms with Gasteiger partial charge in [-0.1, -0.05) is 12.1 Å². The monoisotopic (exact) mass is 443 g/mol. The van der Waals surface area contributed by atoms with Crippen LogP contribution in [0, 0.1) is 0 Å². The average Bonchev–Trinajstić information content (AvgIpc) is 3.45. The zero-order valence-corrected chi connectivity index (χ0v) is 18.2. The molecule has 0 spiro atoms. The molecule has 2 aromatic heterocycles. The Morgan fingerprint density at radius 1 is 1.29 bits per heavy atom. The Balaban J connectivity index is 1.62. The molecule has 1 fully saturated rings. The van der Waals surface area contributed by atoms with Gasteiger partial charge in [0.15, 0.2) is 0 Å². The second-order valence-corrected chi connectivity index (χ2v) is 8.33. The molecule has 164 valence electrons. The molecule has 1 aromatic carbocycles. The van der Waals surface area contributed by atoms with E-state index in [0.29, 0.717) is 35.7 Å². The number of carbonyl (C=O) groups is 1. The molecule has 1 saturated heterocycles. The summed E-state index contributed by atoms with van der Waals surface area (Å²) in [6, 6.07) is 9.01. The van der Waals surface area contributed by atoms with Crippen LogP contribution in [0.5, 0.6) is 5.75 Å². The van der Waals surface area contributed by atoms with Crippen molar-refractivity contribution in [3.8, 4) is 5.75 Å². The quantitative estimate of drug-likeness (QED) is 0.575. The molecule has 1 amide bonds. The lowest BCUT2D eigenvalue weighted by Crippen LogP contribution is -2.43. The van der Waals surface area contributed by atoms with Gasteiger partial charge < -0.3 is 14.8 Å². The van der Waals surface area contributed by atoms with Crippen LogP contribution in [0.4, 0.5) is 0 Å². The van der Waals surface area contributed by atoms with Crippen LogP contribution in [0.25, 0.3) is 10.2 Å². The van der Waals surface area contributed by atoms with Gasteiger partial charge >= 0.3 is 5.69 Å². The van der Waals surface area contributed by atoms with Crippen molar-refractivity contribution in [2.75, 3.05) is 19.8 Å². The van der Waals surface area contributed by atoms with Gasteiger partial charge in [0.2, 0.25) is 5.91 Å². The van der Waals surface area contributed by atoms with Gasteiger partial charge in [0.1, 0.15) is 17.0 Å². The van der Waals surface area contributed by atoms with E-state index in [-0.39, 0.29) is 30.7 Å². The average molecular weight is 444 g/mol. The highest BCUT2D eigenvalue weighted by molar-refractivity contribution is 7.17. The van der Waals surface area contributed by atoms with E-state index >= 15 is 0 Å². The standard InChI is InChI=1S/C22H25N3O5S/c1-2-29-16-6-3-5-15(11-16)13-25-21(27)20-18(8-10-31-20)24(22(25)28)14-19(26)23-12-17-7-4-9-30-17/h3,5-6,8,10-11,17H,2,4,7,9,12-14H2,1H3,(H,23,26)/t17-/m1/s1. The number of thiophene rings is 1. The van der Waals surface area contributed by atoms with Crippen LogP contribution in [0.1, 0.15) is 25.3 Å². The number of nitrogens with one attached hydrogen (secondary N) is 1. The predicted octanol–water partition coefficient (Wildman–Crippen LogP) is 1.97. The molecule has 1 N–H and O–H groups in total. The first-order valence-electron chi connectivity index (χ1n) is 10.4. The fourth-order valence-corrected chi connectivity index (χ4v) is 4.58. The van der Waals surface area contributed by atoms with Crippen LogP contribution in [-0.4, -0.2) is 40.9 Å². The third kappa shape index (κ3) is 4.72. The summed E-state index contributed by atoms with van der Waals surface area (Å²) in [5.41, 5.74) is 0.389. The first kappa shape index (κ1) is 21.3. The minimum atomic E-state index is -0.509. The van der Waals surface area contributed by atoms with Crippen LogP contribution >= 0.6 is 11.3 Å². The van der Waals surface area contributed by atoms with Crippen molar-refractivity contribution in [3.63, 3.8) is 0 Å². The number of ether oxygens (including phenoxy) is 2. The maximum atomic E-state index is 13.2. The molecule has 0 saturated carbocycles. The maximum absolute atomic E-state index is 13.2. The number of benzene rings is 1. The third-order valence-corrected chi connectivity index (χ3v) is 6.13. The summed E-state index contributed by atoms with van der Waals surface area (Å²) in [4.78, 5) is 38.7. The topological polar surface area (TPSA) is 91.6 Å². The fourth-order valence-electron chi connectivity index (χ4n) is 3.74. The summed E-state index contributed by atoms with van der Waals surface area (Å²) in [7, 11) is 0. The molecule has 3 aromatic rings. The second-order valence-electron chi connectivity index (χ2n) is 7.41. The van der Waals surface area contributed by atoms with Crippen molar-refractivity contribution >= 4 is 27.5 Å². The molecule has 1 aliphatic heterocycles. The zero-order valence-electron chi connectivity index (χ0n) is 17.3. The summed E-state index contributed by atoms with van der Waals surface area (Å²) in [6.45, 7) is 3.50. The van der Waals surface area contributed by atoms with Crippen molar-refractivity contribution in [3.05, 3.63) is 62.1 Å². The lowest BCUT2D eigenvalue weighted by atomic mass is 10.2. The number of nitrogens with zero attached hydrogens (tertiary/aromatic N) is 2. The maximum Gasteiger partial charge on any atom is 0.332 e. The summed E-state index contributed by atoms with van der Waals surface area (Å²) in [5, 5.41) is 4.59. The number of fused-ring (bicyclic) bond motifs is 1. The molecule has 1 atom stereocenters. The molecule has 8 nitrogen and oxygen atoms in total. The van der Waals surface area contributed by atoms with Crippen LogP contribution in [-0.2, 0) is 22.6 Å². The Labute approximate surface area is 183 Å². The van der Waals surface area contributed by atoms with Gasteiger partial charge in [-0.25, -0.2) is 4.79 Å². The number of aromatic nitrogens is 2. The van der Waals surface area contributed by atoms with E-state index in [1.54, 1.807) is 11.4 Å². The third-order valence-electron chi connectivity index (χ3n) is 5.24. The van der Waals surface area contributed by atoms with Gasteiger partial charge in [-0.15, -0.1) is 11.3 Å². The van der Waals surface area contributed by atoms with E-state index < -0.39 is 5.69 Å². The molecule has 3 heterocycles. The Bertz CT molecular complexity index is 1190. The second kappa shape index (κ2) is 9.49. The molecule has 1 aliphatic rings. The Morgan fingerprint density at radius 2 is 2.16 bits per heavy atom. The highest BCUT2D eigenvalue weighted by atomic mass is 32.1. The first-order chi connectivity index (χ1) is 15.1. The first-order valence-corrected chi connectivity index (χ1v) is 11.3. The van der Waals surface area contributed by atoms with Gasteiger partial charge in [0, 0.05) is 13.2 Å². The van der Waals surface area contributed by atoms with E-state index in [0.717, 1.165) is 18.4 Å². The van der Waals surface area contributed by atoms with Gasteiger partial charge in [0.05, 0.1) is 24.8 Å². The lowest BCUT2D eigenvalue weighted by Gasteiger charge is -2.14. The van der Waals surface area contributed by atoms with Crippen molar-refractivity contribution in [1.29, 1.82) is 0 Å². The minimum absolute atomic E-state index is 0.0217. The van der Waals surface area contributed by atoms with Crippen molar-refractivity contribution in [2.45, 2.75) is 39.0 Å². The van der Waals surface area contributed by atoms with Gasteiger partial charge in [0.25, 0.3) is 5.56 Å². The van der Waals surface area contributed by atoms with Gasteiger partial charge in [-0.3, -0.25) is 18.7 Å². The zero-order chi connectivity index (χ0) is 21.8. The van der Waals surface area contributed by atoms with Crippen LogP contribution in [0.15, 0.2) is 45.3 Å². The van der Waals surface area contributed by atoms with Crippen molar-refractivity contribution in [2.24, 2.45) is 0 Å². The Hall–Kier alpha value is -2.91. The molecule has 31 heavy (non-hydrogen) atoms. The summed E-state index contributed by atoms with van der Waals surface area (Å²) >= 11 is 1.26. The Morgan fingerprint density at radius 3 is 2.94 bits per heavy atom. The van der Waals surface area contributed by atoms with E-state index in [9.17, 15) is 14.4 Å². The minimum Gasteiger partial charge on any atom is -0.494 e. The molecular weight excluding hydrogens is 418 g/mol. The van der Waals surface area contributed by atoms with Gasteiger partial charge in [-0.05, 0) is 48.9 Å². The number of carbonyl (C=O) groups excluding carboxylic acids is 1. The van der Waals surface area contributed by atoms with Crippen LogP contribution in [0.2, 0.25) is 0 Å². The molecule has 0 unspecified atom stereocenters. The van der Waals surface area contributed by atoms with Crippen molar-refractivity contribution in [1.82, 2.24) is 14.5 Å². The summed E-state index contributed by atoms with van der Waals surface area (Å²) in [5.74, 6) is 0.396. The number of hydrogen-bond donors (Lipinski definition) is 1. The van der Waals surface area contributed by atoms with Gasteiger partial charge in [-0.2, -0.15) is 0 Å². The van der Waals surface area contributed by atoms with E-state index in [1.165, 1.54) is 20.5 Å². The van der Waals surface area contributed by atoms with E-state index in [1.807, 2.05) is 31.2 Å². The number of hydrogen-bond acceptors (Lipinski definition) is 6. The fraction of sp³-hybridized carbons (Fsp3) is 0.409. The Kier molecular flexibility index (Phi) is 6.53. The highest BCUT2D eigenvalue weighted by Crippen LogP contribution is 2.17. The van der Waals surface area contributed by atoms with Crippen LogP contribution < -0.4 is 21.3 Å². The molecular formula is C22H25N3O5S. The SMILES string of the molecule is CCOc1cccc(Cn2c(=O)c3sccc3n(CC(=O)NC[C@H]3CCCO3)c2=O)c1. The molecule has 0 bridgehead atoms. The molecule has 9 heteroatoms. The smallest absolute Gasteiger partial charge is 0.332 e. The van der Waals surface area contributed by atoms with E-state index in [4.69, 9.17) is 9.47 Å². The van der Waals surface area contributed by atoms with Crippen molar-refractivity contribution < 1.29 is 14.3 Å². The molecule has 0 radical (unpaired) electrons. The summed E-state index contributed by atoms with van der Waals surface area (Å²) < 4.78 is 14.0. The number of amides is 1. The molecule has 4 rings (SSSR count). The summed E-state index contributed by atoms with van der Waals surface area (Å²) in [6.07, 6.45) is 1.93.